The van der Waals surface area contributed by atoms with Crippen LogP contribution in [0.1, 0.15) is 35.9 Å². The van der Waals surface area contributed by atoms with E-state index in [0.29, 0.717) is 23.3 Å². The number of piperidine rings is 1. The van der Waals surface area contributed by atoms with Crippen LogP contribution < -0.4 is 16.0 Å². The minimum atomic E-state index is -0.111. The molecule has 0 radical (unpaired) electrons. The lowest BCUT2D eigenvalue weighted by atomic mass is 10.0. The van der Waals surface area contributed by atoms with E-state index in [2.05, 4.69) is 22.2 Å². The van der Waals surface area contributed by atoms with Gasteiger partial charge in [-0.15, -0.1) is 0 Å². The second kappa shape index (κ2) is 7.09. The zero-order valence-corrected chi connectivity index (χ0v) is 13.9. The number of amides is 1. The molecule has 0 spiro atoms. The van der Waals surface area contributed by atoms with Crippen molar-refractivity contribution in [1.29, 1.82) is 0 Å². The molecule has 21 heavy (non-hydrogen) atoms. The summed E-state index contributed by atoms with van der Waals surface area (Å²) < 4.78 is 0. The number of rotatable bonds is 5. The molecule has 1 aromatic heterocycles. The number of thiazole rings is 1. The van der Waals surface area contributed by atoms with Crippen molar-refractivity contribution in [2.75, 3.05) is 44.4 Å². The highest BCUT2D eigenvalue weighted by Gasteiger charge is 2.22. The molecule has 7 heteroatoms. The van der Waals surface area contributed by atoms with Crippen LogP contribution in [0, 0.1) is 0 Å². The van der Waals surface area contributed by atoms with Crippen molar-refractivity contribution < 1.29 is 4.79 Å². The highest BCUT2D eigenvalue weighted by Crippen LogP contribution is 2.27. The third-order valence-electron chi connectivity index (χ3n) is 4.07. The molecule has 1 aliphatic heterocycles. The predicted octanol–water partition coefficient (Wildman–Crippen LogP) is 1.40. The molecule has 118 valence electrons. The number of nitrogens with two attached hydrogens (primary N) is 1. The molecule has 1 atom stereocenters. The van der Waals surface area contributed by atoms with Crippen molar-refractivity contribution >= 4 is 28.2 Å². The van der Waals surface area contributed by atoms with E-state index < -0.39 is 0 Å². The summed E-state index contributed by atoms with van der Waals surface area (Å²) in [4.78, 5) is 21.4. The first-order valence-corrected chi connectivity index (χ1v) is 8.30. The fourth-order valence-electron chi connectivity index (χ4n) is 2.47. The Bertz CT molecular complexity index is 490. The Kier molecular flexibility index (Phi) is 5.41. The predicted molar refractivity (Wildman–Crippen MR) is 88.1 cm³/mol. The van der Waals surface area contributed by atoms with Gasteiger partial charge in [-0.1, -0.05) is 17.8 Å². The van der Waals surface area contributed by atoms with Crippen molar-refractivity contribution in [3.05, 3.63) is 4.88 Å². The number of carbonyl (C=O) groups is 1. The van der Waals surface area contributed by atoms with E-state index in [-0.39, 0.29) is 5.91 Å². The second-order valence-electron chi connectivity index (χ2n) is 5.57. The third kappa shape index (κ3) is 3.85. The van der Waals surface area contributed by atoms with Crippen LogP contribution in [-0.4, -0.2) is 55.6 Å². The van der Waals surface area contributed by atoms with Crippen molar-refractivity contribution in [2.24, 2.45) is 0 Å². The summed E-state index contributed by atoms with van der Waals surface area (Å²) in [5.41, 5.74) is 5.87. The molecular weight excluding hydrogens is 286 g/mol. The molecule has 1 aliphatic rings. The standard InChI is InChI=1S/C14H25N5OS/c1-4-18(2)14-17-12(15)11(21-14)13(20)16-9-10-7-5-6-8-19(10)3/h10H,4-9,15H2,1-3H3,(H,16,20). The SMILES string of the molecule is CCN(C)c1nc(N)c(C(=O)NCC2CCCCN2C)s1. The molecule has 1 amide bonds. The van der Waals surface area contributed by atoms with Gasteiger partial charge in [0.15, 0.2) is 5.13 Å². The van der Waals surface area contributed by atoms with Crippen LogP contribution in [0.5, 0.6) is 0 Å². The smallest absolute Gasteiger partial charge is 0.265 e. The van der Waals surface area contributed by atoms with Crippen LogP contribution in [0.4, 0.5) is 10.9 Å². The molecule has 0 aliphatic carbocycles. The Morgan fingerprint density at radius 2 is 2.33 bits per heavy atom. The number of nitrogens with one attached hydrogen (secondary N) is 1. The van der Waals surface area contributed by atoms with Gasteiger partial charge in [-0.2, -0.15) is 0 Å². The van der Waals surface area contributed by atoms with Crippen LogP contribution in [0.2, 0.25) is 0 Å². The van der Waals surface area contributed by atoms with Crippen LogP contribution in [-0.2, 0) is 0 Å². The normalized spacial score (nSPS) is 19.5. The van der Waals surface area contributed by atoms with Crippen molar-refractivity contribution in [3.63, 3.8) is 0 Å². The van der Waals surface area contributed by atoms with Gasteiger partial charge in [0.2, 0.25) is 0 Å². The summed E-state index contributed by atoms with van der Waals surface area (Å²) >= 11 is 1.35. The number of aromatic nitrogens is 1. The monoisotopic (exact) mass is 311 g/mol. The lowest BCUT2D eigenvalue weighted by Crippen LogP contribution is -2.44. The molecule has 6 nitrogen and oxygen atoms in total. The Morgan fingerprint density at radius 3 is 3.00 bits per heavy atom. The number of nitrogen functional groups attached to an aromatic ring is 1. The van der Waals surface area contributed by atoms with E-state index in [4.69, 9.17) is 5.73 Å². The summed E-state index contributed by atoms with van der Waals surface area (Å²) in [5.74, 6) is 0.213. The molecule has 1 saturated heterocycles. The average Bonchev–Trinajstić information content (AvgIpc) is 2.87. The molecule has 0 bridgehead atoms. The summed E-state index contributed by atoms with van der Waals surface area (Å²) in [6.45, 7) is 4.65. The molecule has 0 saturated carbocycles. The molecule has 0 aromatic carbocycles. The van der Waals surface area contributed by atoms with Gasteiger partial charge < -0.3 is 20.9 Å². The van der Waals surface area contributed by atoms with Crippen molar-refractivity contribution in [3.8, 4) is 0 Å². The summed E-state index contributed by atoms with van der Waals surface area (Å²) in [6.07, 6.45) is 3.62. The zero-order chi connectivity index (χ0) is 15.4. The zero-order valence-electron chi connectivity index (χ0n) is 13.1. The van der Waals surface area contributed by atoms with E-state index in [1.807, 2.05) is 18.9 Å². The molecule has 1 aromatic rings. The van der Waals surface area contributed by atoms with Gasteiger partial charge in [0.1, 0.15) is 10.7 Å². The number of nitrogens with zero attached hydrogens (tertiary/aromatic N) is 3. The number of likely N-dealkylation sites (tertiary alicyclic amines) is 1. The van der Waals surface area contributed by atoms with E-state index in [0.717, 1.165) is 24.6 Å². The minimum absolute atomic E-state index is 0.111. The largest absolute Gasteiger partial charge is 0.382 e. The van der Waals surface area contributed by atoms with Gasteiger partial charge in [-0.3, -0.25) is 4.79 Å². The molecule has 1 unspecified atom stereocenters. The van der Waals surface area contributed by atoms with E-state index >= 15 is 0 Å². The molecule has 3 N–H and O–H groups in total. The van der Waals surface area contributed by atoms with Gasteiger partial charge in [0.05, 0.1) is 0 Å². The molecular formula is C14H25N5OS. The fourth-order valence-corrected chi connectivity index (χ4v) is 3.40. The fraction of sp³-hybridized carbons (Fsp3) is 0.714. The van der Waals surface area contributed by atoms with E-state index in [9.17, 15) is 4.79 Å². The van der Waals surface area contributed by atoms with Gasteiger partial charge in [-0.25, -0.2) is 4.98 Å². The summed E-state index contributed by atoms with van der Waals surface area (Å²) in [5, 5.41) is 3.79. The van der Waals surface area contributed by atoms with Crippen molar-refractivity contribution in [2.45, 2.75) is 32.2 Å². The number of carbonyl (C=O) groups excluding carboxylic acids is 1. The van der Waals surface area contributed by atoms with Gasteiger partial charge in [-0.05, 0) is 33.4 Å². The topological polar surface area (TPSA) is 74.5 Å². The number of hydrogen-bond acceptors (Lipinski definition) is 6. The van der Waals surface area contributed by atoms with Crippen LogP contribution >= 0.6 is 11.3 Å². The highest BCUT2D eigenvalue weighted by molar-refractivity contribution is 7.18. The van der Waals surface area contributed by atoms with Gasteiger partial charge >= 0.3 is 0 Å². The lowest BCUT2D eigenvalue weighted by molar-refractivity contribution is 0.0933. The maximum atomic E-state index is 12.3. The average molecular weight is 311 g/mol. The number of hydrogen-bond donors (Lipinski definition) is 2. The van der Waals surface area contributed by atoms with Crippen LogP contribution in [0.3, 0.4) is 0 Å². The van der Waals surface area contributed by atoms with Crippen molar-refractivity contribution in [1.82, 2.24) is 15.2 Å². The first kappa shape index (κ1) is 16.0. The first-order valence-electron chi connectivity index (χ1n) is 7.48. The Hall–Kier alpha value is -1.34. The molecule has 2 rings (SSSR count). The first-order chi connectivity index (χ1) is 10.0. The maximum absolute atomic E-state index is 12.3. The number of anilines is 2. The minimum Gasteiger partial charge on any atom is -0.382 e. The second-order valence-corrected chi connectivity index (χ2v) is 6.54. The maximum Gasteiger partial charge on any atom is 0.265 e. The van der Waals surface area contributed by atoms with Gasteiger partial charge in [0, 0.05) is 26.2 Å². The Labute approximate surface area is 130 Å². The Balaban J connectivity index is 1.95. The van der Waals surface area contributed by atoms with Crippen LogP contribution in [0.25, 0.3) is 0 Å². The van der Waals surface area contributed by atoms with E-state index in [1.54, 1.807) is 0 Å². The Morgan fingerprint density at radius 1 is 1.57 bits per heavy atom. The summed E-state index contributed by atoms with van der Waals surface area (Å²) in [6, 6.07) is 0.426. The number of likely N-dealkylation sites (N-methyl/N-ethyl adjacent to an activating group) is 1. The van der Waals surface area contributed by atoms with Gasteiger partial charge in [0.25, 0.3) is 5.91 Å². The highest BCUT2D eigenvalue weighted by atomic mass is 32.1. The third-order valence-corrected chi connectivity index (χ3v) is 5.25. The molecule has 2 heterocycles. The summed E-state index contributed by atoms with van der Waals surface area (Å²) in [7, 11) is 4.06. The quantitative estimate of drug-likeness (QED) is 0.860. The van der Waals surface area contributed by atoms with E-state index in [1.165, 1.54) is 24.2 Å². The van der Waals surface area contributed by atoms with Crippen LogP contribution in [0.15, 0.2) is 0 Å². The lowest BCUT2D eigenvalue weighted by Gasteiger charge is -2.32. The molecule has 1 fully saturated rings.